The Labute approximate surface area is 74.9 Å². The Morgan fingerprint density at radius 2 is 2.33 bits per heavy atom. The van der Waals surface area contributed by atoms with E-state index in [1.165, 1.54) is 31.5 Å². The maximum absolute atomic E-state index is 8.68. The van der Waals surface area contributed by atoms with Gasteiger partial charge in [0.1, 0.15) is 0 Å². The molecular formula is C10H19NO. The Morgan fingerprint density at radius 1 is 1.50 bits per heavy atom. The van der Waals surface area contributed by atoms with Crippen LogP contribution in [0.25, 0.3) is 0 Å². The van der Waals surface area contributed by atoms with Gasteiger partial charge in [0.25, 0.3) is 0 Å². The Hall–Kier alpha value is -0.340. The van der Waals surface area contributed by atoms with E-state index in [4.69, 9.17) is 5.11 Å². The number of hydrogen-bond acceptors (Lipinski definition) is 2. The molecule has 0 atom stereocenters. The highest BCUT2D eigenvalue weighted by Crippen LogP contribution is 2.14. The van der Waals surface area contributed by atoms with Gasteiger partial charge in [-0.2, -0.15) is 0 Å². The summed E-state index contributed by atoms with van der Waals surface area (Å²) < 4.78 is 0. The van der Waals surface area contributed by atoms with Crippen LogP contribution in [0.1, 0.15) is 25.7 Å². The minimum absolute atomic E-state index is 0.327. The van der Waals surface area contributed by atoms with E-state index in [0.29, 0.717) is 6.61 Å². The Kier molecular flexibility index (Phi) is 4.33. The van der Waals surface area contributed by atoms with Gasteiger partial charge in [-0.25, -0.2) is 0 Å². The summed E-state index contributed by atoms with van der Waals surface area (Å²) in [7, 11) is 2.17. The highest BCUT2D eigenvalue weighted by molar-refractivity contribution is 5.04. The molecule has 0 saturated carbocycles. The molecule has 1 rings (SSSR count). The van der Waals surface area contributed by atoms with Gasteiger partial charge in [0.05, 0.1) is 0 Å². The van der Waals surface area contributed by atoms with Gasteiger partial charge in [-0.15, -0.1) is 0 Å². The van der Waals surface area contributed by atoms with E-state index < -0.39 is 0 Å². The van der Waals surface area contributed by atoms with Crippen molar-refractivity contribution in [2.45, 2.75) is 25.7 Å². The molecule has 1 aliphatic heterocycles. The first kappa shape index (κ1) is 9.75. The third-order valence-electron chi connectivity index (χ3n) is 2.41. The van der Waals surface area contributed by atoms with Crippen LogP contribution in [0.15, 0.2) is 11.6 Å². The van der Waals surface area contributed by atoms with Gasteiger partial charge in [0.2, 0.25) is 0 Å². The first-order valence-corrected chi connectivity index (χ1v) is 4.80. The summed E-state index contributed by atoms with van der Waals surface area (Å²) in [6.07, 6.45) is 6.73. The van der Waals surface area contributed by atoms with Gasteiger partial charge in [-0.05, 0) is 32.7 Å². The summed E-state index contributed by atoms with van der Waals surface area (Å²) in [5.41, 5.74) is 1.54. The van der Waals surface area contributed by atoms with Crippen molar-refractivity contribution in [2.24, 2.45) is 0 Å². The summed E-state index contributed by atoms with van der Waals surface area (Å²) >= 11 is 0. The molecule has 2 heteroatoms. The summed E-state index contributed by atoms with van der Waals surface area (Å²) in [6.45, 7) is 2.69. The van der Waals surface area contributed by atoms with Crippen LogP contribution in [0, 0.1) is 0 Å². The average Bonchev–Trinajstić information content (AvgIpc) is 2.27. The van der Waals surface area contributed by atoms with Crippen molar-refractivity contribution in [3.63, 3.8) is 0 Å². The third kappa shape index (κ3) is 3.37. The standard InChI is InChI=1S/C10H19NO/c1-11-7-2-4-10(6-8-11)5-3-9-12/h4,12H,2-3,5-9H2,1H3. The molecule has 12 heavy (non-hydrogen) atoms. The molecule has 1 N–H and O–H groups in total. The zero-order valence-corrected chi connectivity index (χ0v) is 7.92. The van der Waals surface area contributed by atoms with E-state index in [0.717, 1.165) is 12.8 Å². The molecule has 2 nitrogen and oxygen atoms in total. The molecule has 0 radical (unpaired) electrons. The Morgan fingerprint density at radius 3 is 3.08 bits per heavy atom. The summed E-state index contributed by atoms with van der Waals surface area (Å²) in [4.78, 5) is 2.36. The van der Waals surface area contributed by atoms with Gasteiger partial charge >= 0.3 is 0 Å². The molecule has 0 unspecified atom stereocenters. The van der Waals surface area contributed by atoms with Gasteiger partial charge in [0.15, 0.2) is 0 Å². The number of rotatable bonds is 3. The molecule has 0 fully saturated rings. The van der Waals surface area contributed by atoms with Crippen LogP contribution in [0.3, 0.4) is 0 Å². The van der Waals surface area contributed by atoms with Crippen molar-refractivity contribution >= 4 is 0 Å². The van der Waals surface area contributed by atoms with Crippen LogP contribution in [-0.4, -0.2) is 36.8 Å². The maximum atomic E-state index is 8.68. The Bertz CT molecular complexity index is 154. The largest absolute Gasteiger partial charge is 0.396 e. The smallest absolute Gasteiger partial charge is 0.0434 e. The molecule has 1 aliphatic rings. The summed E-state index contributed by atoms with van der Waals surface area (Å²) in [5.74, 6) is 0. The molecule has 0 aromatic heterocycles. The quantitative estimate of drug-likeness (QED) is 0.646. The normalized spacial score (nSPS) is 20.3. The average molecular weight is 169 g/mol. The number of aliphatic hydroxyl groups is 1. The number of nitrogens with zero attached hydrogens (tertiary/aromatic N) is 1. The molecular weight excluding hydrogens is 150 g/mol. The second-order valence-corrected chi connectivity index (χ2v) is 3.53. The zero-order valence-electron chi connectivity index (χ0n) is 7.92. The van der Waals surface area contributed by atoms with Gasteiger partial charge < -0.3 is 10.0 Å². The van der Waals surface area contributed by atoms with Crippen LogP contribution in [0.4, 0.5) is 0 Å². The van der Waals surface area contributed by atoms with Crippen LogP contribution in [-0.2, 0) is 0 Å². The summed E-state index contributed by atoms with van der Waals surface area (Å²) in [5, 5.41) is 8.68. The van der Waals surface area contributed by atoms with Crippen molar-refractivity contribution in [3.8, 4) is 0 Å². The number of aliphatic hydroxyl groups excluding tert-OH is 1. The van der Waals surface area contributed by atoms with E-state index in [1.54, 1.807) is 0 Å². The second-order valence-electron chi connectivity index (χ2n) is 3.53. The summed E-state index contributed by atoms with van der Waals surface area (Å²) in [6, 6.07) is 0. The fourth-order valence-corrected chi connectivity index (χ4v) is 1.57. The molecule has 0 amide bonds. The molecule has 70 valence electrons. The van der Waals surface area contributed by atoms with Crippen LogP contribution in [0.5, 0.6) is 0 Å². The van der Waals surface area contributed by atoms with Gasteiger partial charge in [0, 0.05) is 19.7 Å². The first-order chi connectivity index (χ1) is 5.83. The lowest BCUT2D eigenvalue weighted by Gasteiger charge is -2.12. The zero-order chi connectivity index (χ0) is 8.81. The van der Waals surface area contributed by atoms with Crippen molar-refractivity contribution in [3.05, 3.63) is 11.6 Å². The minimum Gasteiger partial charge on any atom is -0.396 e. The lowest BCUT2D eigenvalue weighted by molar-refractivity contribution is 0.287. The molecule has 0 bridgehead atoms. The van der Waals surface area contributed by atoms with Crippen LogP contribution < -0.4 is 0 Å². The maximum Gasteiger partial charge on any atom is 0.0434 e. The molecule has 0 aromatic rings. The highest BCUT2D eigenvalue weighted by atomic mass is 16.2. The van der Waals surface area contributed by atoms with E-state index >= 15 is 0 Å². The fourth-order valence-electron chi connectivity index (χ4n) is 1.57. The predicted molar refractivity (Wildman–Crippen MR) is 51.1 cm³/mol. The van der Waals surface area contributed by atoms with Gasteiger partial charge in [-0.1, -0.05) is 11.6 Å². The van der Waals surface area contributed by atoms with E-state index in [2.05, 4.69) is 18.0 Å². The Balaban J connectivity index is 2.28. The molecule has 0 spiro atoms. The second kappa shape index (κ2) is 5.33. The van der Waals surface area contributed by atoms with Crippen molar-refractivity contribution < 1.29 is 5.11 Å². The first-order valence-electron chi connectivity index (χ1n) is 4.80. The van der Waals surface area contributed by atoms with E-state index in [1.807, 2.05) is 0 Å². The topological polar surface area (TPSA) is 23.5 Å². The molecule has 1 heterocycles. The van der Waals surface area contributed by atoms with Crippen molar-refractivity contribution in [1.29, 1.82) is 0 Å². The lowest BCUT2D eigenvalue weighted by Crippen LogP contribution is -2.18. The van der Waals surface area contributed by atoms with Gasteiger partial charge in [-0.3, -0.25) is 0 Å². The molecule has 0 aromatic carbocycles. The van der Waals surface area contributed by atoms with Crippen molar-refractivity contribution in [1.82, 2.24) is 4.90 Å². The molecule has 0 saturated heterocycles. The monoisotopic (exact) mass is 169 g/mol. The minimum atomic E-state index is 0.327. The van der Waals surface area contributed by atoms with Crippen LogP contribution >= 0.6 is 0 Å². The third-order valence-corrected chi connectivity index (χ3v) is 2.41. The lowest BCUT2D eigenvalue weighted by atomic mass is 10.1. The predicted octanol–water partition coefficient (Wildman–Crippen LogP) is 1.41. The van der Waals surface area contributed by atoms with Crippen molar-refractivity contribution in [2.75, 3.05) is 26.7 Å². The highest BCUT2D eigenvalue weighted by Gasteiger charge is 2.05. The SMILES string of the molecule is CN1CCC=C(CCCO)CC1. The van der Waals surface area contributed by atoms with E-state index in [9.17, 15) is 0 Å². The van der Waals surface area contributed by atoms with E-state index in [-0.39, 0.29) is 0 Å². The molecule has 0 aliphatic carbocycles. The number of hydrogen-bond donors (Lipinski definition) is 1. The van der Waals surface area contributed by atoms with Crippen LogP contribution in [0.2, 0.25) is 0 Å². The fraction of sp³-hybridized carbons (Fsp3) is 0.800.